The summed E-state index contributed by atoms with van der Waals surface area (Å²) >= 11 is 3.38. The van der Waals surface area contributed by atoms with Crippen molar-refractivity contribution >= 4 is 21.9 Å². The average molecular weight is 339 g/mol. The second-order valence-electron chi connectivity index (χ2n) is 4.30. The Balaban J connectivity index is 2.11. The Morgan fingerprint density at radius 3 is 2.80 bits per heavy atom. The van der Waals surface area contributed by atoms with Gasteiger partial charge in [0.2, 0.25) is 0 Å². The second-order valence-corrected chi connectivity index (χ2v) is 5.22. The first-order chi connectivity index (χ1) is 9.52. The van der Waals surface area contributed by atoms with Crippen LogP contribution in [0.25, 0.3) is 0 Å². The molecule has 0 unspecified atom stereocenters. The van der Waals surface area contributed by atoms with Gasteiger partial charge in [0.25, 0.3) is 0 Å². The molecule has 0 atom stereocenters. The van der Waals surface area contributed by atoms with E-state index < -0.39 is 5.97 Å². The molecule has 1 heterocycles. The molecule has 106 valence electrons. The number of rotatable bonds is 4. The topological polar surface area (TPSA) is 53.4 Å². The molecule has 0 bridgehead atoms. The summed E-state index contributed by atoms with van der Waals surface area (Å²) in [6, 6.07) is 5.56. The lowest BCUT2D eigenvalue weighted by Gasteiger charge is -2.09. The molecular weight excluding hydrogens is 324 g/mol. The molecular formula is C14H15BrN2O3. The lowest BCUT2D eigenvalue weighted by Crippen LogP contribution is -2.07. The minimum absolute atomic E-state index is 0.149. The van der Waals surface area contributed by atoms with Gasteiger partial charge >= 0.3 is 5.97 Å². The third-order valence-corrected chi connectivity index (χ3v) is 3.55. The van der Waals surface area contributed by atoms with Crippen molar-refractivity contribution in [3.8, 4) is 5.75 Å². The Hall–Kier alpha value is -1.82. The normalized spacial score (nSPS) is 10.4. The zero-order valence-electron chi connectivity index (χ0n) is 11.5. The van der Waals surface area contributed by atoms with Crippen LogP contribution < -0.4 is 4.74 Å². The monoisotopic (exact) mass is 338 g/mol. The Morgan fingerprint density at radius 2 is 2.20 bits per heavy atom. The maximum Gasteiger partial charge on any atom is 0.341 e. The highest BCUT2D eigenvalue weighted by atomic mass is 79.9. The molecule has 0 aliphatic carbocycles. The molecule has 2 aromatic rings. The molecule has 20 heavy (non-hydrogen) atoms. The first kappa shape index (κ1) is 14.6. The molecule has 1 aromatic carbocycles. The van der Waals surface area contributed by atoms with Crippen LogP contribution in [0.3, 0.4) is 0 Å². The molecule has 0 saturated carbocycles. The highest BCUT2D eigenvalue weighted by Gasteiger charge is 2.15. The molecule has 0 amide bonds. The van der Waals surface area contributed by atoms with Gasteiger partial charge < -0.3 is 9.47 Å². The van der Waals surface area contributed by atoms with Gasteiger partial charge in [-0.3, -0.25) is 4.68 Å². The predicted octanol–water partition coefficient (Wildman–Crippen LogP) is 2.86. The van der Waals surface area contributed by atoms with Crippen molar-refractivity contribution in [2.24, 2.45) is 7.05 Å². The summed E-state index contributed by atoms with van der Waals surface area (Å²) in [6.07, 6.45) is 1.51. The summed E-state index contributed by atoms with van der Waals surface area (Å²) in [6.45, 7) is 1.97. The van der Waals surface area contributed by atoms with E-state index in [1.807, 2.05) is 25.1 Å². The van der Waals surface area contributed by atoms with Crippen molar-refractivity contribution in [3.05, 3.63) is 45.7 Å². The Bertz CT molecular complexity index is 637. The predicted molar refractivity (Wildman–Crippen MR) is 77.8 cm³/mol. The molecule has 0 aliphatic rings. The summed E-state index contributed by atoms with van der Waals surface area (Å²) in [5.41, 5.74) is 2.05. The van der Waals surface area contributed by atoms with Crippen LogP contribution >= 0.6 is 15.9 Å². The standard InChI is InChI=1S/C14H15BrN2O3/c1-9-12(7-16-17(9)2)14(18)20-8-10-6-11(15)4-5-13(10)19-3/h4-7H,8H2,1-3H3. The van der Waals surface area contributed by atoms with Crippen LogP contribution in [0.1, 0.15) is 21.6 Å². The van der Waals surface area contributed by atoms with E-state index in [0.29, 0.717) is 11.3 Å². The number of ether oxygens (including phenoxy) is 2. The van der Waals surface area contributed by atoms with E-state index in [1.165, 1.54) is 6.20 Å². The SMILES string of the molecule is COc1ccc(Br)cc1COC(=O)c1cnn(C)c1C. The number of methoxy groups -OCH3 is 1. The average Bonchev–Trinajstić information content (AvgIpc) is 2.76. The van der Waals surface area contributed by atoms with E-state index in [1.54, 1.807) is 18.8 Å². The summed E-state index contributed by atoms with van der Waals surface area (Å²) in [5.74, 6) is 0.293. The number of aromatic nitrogens is 2. The van der Waals surface area contributed by atoms with Crippen LogP contribution in [0.15, 0.2) is 28.9 Å². The van der Waals surface area contributed by atoms with Gasteiger partial charge in [0.1, 0.15) is 17.9 Å². The molecule has 0 saturated heterocycles. The van der Waals surface area contributed by atoms with E-state index in [2.05, 4.69) is 21.0 Å². The molecule has 0 radical (unpaired) electrons. The first-order valence-electron chi connectivity index (χ1n) is 6.01. The van der Waals surface area contributed by atoms with Gasteiger partial charge in [-0.15, -0.1) is 0 Å². The van der Waals surface area contributed by atoms with Crippen molar-refractivity contribution in [2.75, 3.05) is 7.11 Å². The molecule has 2 rings (SSSR count). The Kier molecular flexibility index (Phi) is 4.44. The smallest absolute Gasteiger partial charge is 0.341 e. The fourth-order valence-corrected chi connectivity index (χ4v) is 2.19. The number of carbonyl (C=O) groups is 1. The van der Waals surface area contributed by atoms with Crippen molar-refractivity contribution in [1.82, 2.24) is 9.78 Å². The maximum atomic E-state index is 12.0. The van der Waals surface area contributed by atoms with Crippen LogP contribution in [0.4, 0.5) is 0 Å². The van der Waals surface area contributed by atoms with Gasteiger partial charge in [-0.2, -0.15) is 5.10 Å². The van der Waals surface area contributed by atoms with Crippen LogP contribution in [0.5, 0.6) is 5.75 Å². The number of hydrogen-bond donors (Lipinski definition) is 0. The second kappa shape index (κ2) is 6.09. The highest BCUT2D eigenvalue weighted by molar-refractivity contribution is 9.10. The summed E-state index contributed by atoms with van der Waals surface area (Å²) in [5, 5.41) is 4.02. The van der Waals surface area contributed by atoms with Crippen LogP contribution in [-0.2, 0) is 18.4 Å². The Labute approximate surface area is 125 Å². The number of esters is 1. The quantitative estimate of drug-likeness (QED) is 0.804. The third-order valence-electron chi connectivity index (χ3n) is 3.06. The molecule has 6 heteroatoms. The Morgan fingerprint density at radius 1 is 1.45 bits per heavy atom. The van der Waals surface area contributed by atoms with Crippen molar-refractivity contribution in [3.63, 3.8) is 0 Å². The van der Waals surface area contributed by atoms with Gasteiger partial charge in [0.05, 0.1) is 13.3 Å². The van der Waals surface area contributed by atoms with Crippen LogP contribution in [-0.4, -0.2) is 22.9 Å². The van der Waals surface area contributed by atoms with Crippen molar-refractivity contribution in [2.45, 2.75) is 13.5 Å². The molecule has 5 nitrogen and oxygen atoms in total. The van der Waals surface area contributed by atoms with Gasteiger partial charge in [-0.05, 0) is 25.1 Å². The maximum absolute atomic E-state index is 12.0. The third kappa shape index (κ3) is 3.01. The van der Waals surface area contributed by atoms with Crippen molar-refractivity contribution < 1.29 is 14.3 Å². The fraction of sp³-hybridized carbons (Fsp3) is 0.286. The van der Waals surface area contributed by atoms with Gasteiger partial charge in [0, 0.05) is 22.8 Å². The van der Waals surface area contributed by atoms with Crippen LogP contribution in [0, 0.1) is 6.92 Å². The molecule has 0 spiro atoms. The van der Waals surface area contributed by atoms with E-state index in [0.717, 1.165) is 15.7 Å². The molecule has 0 fully saturated rings. The van der Waals surface area contributed by atoms with E-state index in [-0.39, 0.29) is 6.61 Å². The van der Waals surface area contributed by atoms with E-state index in [4.69, 9.17) is 9.47 Å². The van der Waals surface area contributed by atoms with Gasteiger partial charge in [-0.25, -0.2) is 4.79 Å². The lowest BCUT2D eigenvalue weighted by molar-refractivity contribution is 0.0469. The number of carbonyl (C=O) groups excluding carboxylic acids is 1. The zero-order valence-corrected chi connectivity index (χ0v) is 13.1. The number of aryl methyl sites for hydroxylation is 1. The first-order valence-corrected chi connectivity index (χ1v) is 6.80. The van der Waals surface area contributed by atoms with Gasteiger partial charge in [-0.1, -0.05) is 15.9 Å². The fourth-order valence-electron chi connectivity index (χ4n) is 1.78. The van der Waals surface area contributed by atoms with Crippen LogP contribution in [0.2, 0.25) is 0 Å². The summed E-state index contributed by atoms with van der Waals surface area (Å²) in [7, 11) is 3.36. The largest absolute Gasteiger partial charge is 0.496 e. The molecule has 0 N–H and O–H groups in total. The summed E-state index contributed by atoms with van der Waals surface area (Å²) < 4.78 is 13.1. The minimum Gasteiger partial charge on any atom is -0.496 e. The van der Waals surface area contributed by atoms with Crippen molar-refractivity contribution in [1.29, 1.82) is 0 Å². The minimum atomic E-state index is -0.391. The van der Waals surface area contributed by atoms with Gasteiger partial charge in [0.15, 0.2) is 0 Å². The number of benzene rings is 1. The number of halogens is 1. The highest BCUT2D eigenvalue weighted by Crippen LogP contribution is 2.24. The summed E-state index contributed by atoms with van der Waals surface area (Å²) in [4.78, 5) is 12.0. The zero-order chi connectivity index (χ0) is 14.7. The number of hydrogen-bond acceptors (Lipinski definition) is 4. The molecule has 1 aromatic heterocycles. The molecule has 0 aliphatic heterocycles. The van der Waals surface area contributed by atoms with E-state index >= 15 is 0 Å². The lowest BCUT2D eigenvalue weighted by atomic mass is 10.2. The number of nitrogens with zero attached hydrogens (tertiary/aromatic N) is 2. The van der Waals surface area contributed by atoms with E-state index in [9.17, 15) is 4.79 Å².